The van der Waals surface area contributed by atoms with Gasteiger partial charge in [0.05, 0.1) is 12.1 Å². The molecule has 0 bridgehead atoms. The number of amides is 1. The Bertz CT molecular complexity index is 787. The molecule has 0 radical (unpaired) electrons. The van der Waals surface area contributed by atoms with Crippen LogP contribution >= 0.6 is 11.8 Å². The minimum absolute atomic E-state index is 0.147. The van der Waals surface area contributed by atoms with Crippen LogP contribution in [0.25, 0.3) is 0 Å². The molecule has 5 nitrogen and oxygen atoms in total. The number of nitrogens with one attached hydrogen (secondary N) is 1. The summed E-state index contributed by atoms with van der Waals surface area (Å²) in [5, 5.41) is 2.59. The van der Waals surface area contributed by atoms with Gasteiger partial charge in [-0.3, -0.25) is 14.4 Å². The van der Waals surface area contributed by atoms with Gasteiger partial charge in [0, 0.05) is 16.2 Å². The van der Waals surface area contributed by atoms with E-state index in [9.17, 15) is 14.4 Å². The minimum Gasteiger partial charge on any atom is -0.456 e. The van der Waals surface area contributed by atoms with E-state index in [2.05, 4.69) is 5.32 Å². The van der Waals surface area contributed by atoms with Gasteiger partial charge >= 0.3 is 5.97 Å². The highest BCUT2D eigenvalue weighted by molar-refractivity contribution is 7.99. The molecule has 0 aromatic heterocycles. The van der Waals surface area contributed by atoms with E-state index in [-0.39, 0.29) is 18.8 Å². The predicted molar refractivity (Wildman–Crippen MR) is 103 cm³/mol. The van der Waals surface area contributed by atoms with E-state index in [1.165, 1.54) is 12.5 Å². The molecular formula is C20H21NO4S. The molecule has 0 unspecified atom stereocenters. The number of hydrogen-bond acceptors (Lipinski definition) is 5. The lowest BCUT2D eigenvalue weighted by Crippen LogP contribution is -2.22. The average molecular weight is 371 g/mol. The Morgan fingerprint density at radius 1 is 1.04 bits per heavy atom. The van der Waals surface area contributed by atoms with Gasteiger partial charge in [0.2, 0.25) is 0 Å². The molecule has 0 spiro atoms. The van der Waals surface area contributed by atoms with Gasteiger partial charge in [0.25, 0.3) is 5.91 Å². The van der Waals surface area contributed by atoms with E-state index < -0.39 is 11.9 Å². The lowest BCUT2D eigenvalue weighted by molar-refractivity contribution is -0.146. The lowest BCUT2D eigenvalue weighted by atomic mass is 10.1. The molecule has 6 heteroatoms. The quantitative estimate of drug-likeness (QED) is 0.433. The zero-order valence-electron chi connectivity index (χ0n) is 14.8. The standard InChI is InChI=1S/C20H21NO4S/c1-14-7-9-16(10-8-14)26-12-11-20(24)25-13-19(23)21-18-6-4-3-5-17(18)15(2)22/h3-10H,11-13H2,1-2H3,(H,21,23). The average Bonchev–Trinajstić information content (AvgIpc) is 2.62. The topological polar surface area (TPSA) is 72.5 Å². The minimum atomic E-state index is -0.474. The summed E-state index contributed by atoms with van der Waals surface area (Å²) in [6.07, 6.45) is 0.218. The van der Waals surface area contributed by atoms with Crippen molar-refractivity contribution in [3.8, 4) is 0 Å². The number of ether oxygens (including phenoxy) is 1. The number of esters is 1. The Morgan fingerprint density at radius 3 is 2.42 bits per heavy atom. The summed E-state index contributed by atoms with van der Waals surface area (Å²) in [4.78, 5) is 36.3. The molecule has 0 fully saturated rings. The van der Waals surface area contributed by atoms with Gasteiger partial charge in [0.1, 0.15) is 0 Å². The molecule has 0 heterocycles. The van der Waals surface area contributed by atoms with Crippen molar-refractivity contribution in [1.29, 1.82) is 0 Å². The van der Waals surface area contributed by atoms with Gasteiger partial charge in [-0.15, -0.1) is 11.8 Å². The first-order valence-corrected chi connectivity index (χ1v) is 9.19. The third kappa shape index (κ3) is 6.37. The smallest absolute Gasteiger partial charge is 0.307 e. The van der Waals surface area contributed by atoms with E-state index in [0.29, 0.717) is 17.0 Å². The Balaban J connectivity index is 1.72. The molecule has 1 N–H and O–H groups in total. The van der Waals surface area contributed by atoms with Crippen LogP contribution in [0.3, 0.4) is 0 Å². The number of carbonyl (C=O) groups excluding carboxylic acids is 3. The fraction of sp³-hybridized carbons (Fsp3) is 0.250. The normalized spacial score (nSPS) is 10.2. The van der Waals surface area contributed by atoms with E-state index in [4.69, 9.17) is 4.74 Å². The third-order valence-corrected chi connectivity index (χ3v) is 4.55. The van der Waals surface area contributed by atoms with Gasteiger partial charge in [-0.05, 0) is 38.1 Å². The SMILES string of the molecule is CC(=O)c1ccccc1NC(=O)COC(=O)CCSc1ccc(C)cc1. The van der Waals surface area contributed by atoms with Crippen molar-refractivity contribution < 1.29 is 19.1 Å². The van der Waals surface area contributed by atoms with Crippen LogP contribution in [-0.2, 0) is 14.3 Å². The first kappa shape index (κ1) is 19.7. The van der Waals surface area contributed by atoms with E-state index in [0.717, 1.165) is 4.90 Å². The fourth-order valence-corrected chi connectivity index (χ4v) is 3.02. The molecule has 2 aromatic rings. The van der Waals surface area contributed by atoms with Crippen molar-refractivity contribution in [2.75, 3.05) is 17.7 Å². The molecule has 0 aliphatic rings. The molecule has 0 saturated heterocycles. The summed E-state index contributed by atoms with van der Waals surface area (Å²) in [6, 6.07) is 14.7. The zero-order chi connectivity index (χ0) is 18.9. The maximum atomic E-state index is 11.9. The monoisotopic (exact) mass is 371 g/mol. The molecule has 2 aromatic carbocycles. The highest BCUT2D eigenvalue weighted by atomic mass is 32.2. The molecule has 1 amide bonds. The molecule has 0 atom stereocenters. The zero-order valence-corrected chi connectivity index (χ0v) is 15.6. The van der Waals surface area contributed by atoms with Crippen LogP contribution in [0.2, 0.25) is 0 Å². The van der Waals surface area contributed by atoms with Gasteiger partial charge in [-0.1, -0.05) is 29.8 Å². The fourth-order valence-electron chi connectivity index (χ4n) is 2.19. The van der Waals surface area contributed by atoms with Crippen LogP contribution in [-0.4, -0.2) is 30.0 Å². The number of hydrogen-bond donors (Lipinski definition) is 1. The van der Waals surface area contributed by atoms with Crippen molar-refractivity contribution in [3.05, 3.63) is 59.7 Å². The van der Waals surface area contributed by atoms with Crippen molar-refractivity contribution in [2.45, 2.75) is 25.2 Å². The number of ketones is 1. The van der Waals surface area contributed by atoms with Crippen LogP contribution in [0.15, 0.2) is 53.4 Å². The molecule has 136 valence electrons. The summed E-state index contributed by atoms with van der Waals surface area (Å²) < 4.78 is 4.98. The second kappa shape index (κ2) is 9.77. The molecular weight excluding hydrogens is 350 g/mol. The van der Waals surface area contributed by atoms with E-state index in [1.54, 1.807) is 36.0 Å². The van der Waals surface area contributed by atoms with Crippen molar-refractivity contribution >= 4 is 35.1 Å². The number of benzene rings is 2. The number of rotatable bonds is 8. The summed E-state index contributed by atoms with van der Waals surface area (Å²) in [6.45, 7) is 3.07. The number of para-hydroxylation sites is 1. The predicted octanol–water partition coefficient (Wildman–Crippen LogP) is 3.86. The van der Waals surface area contributed by atoms with Crippen LogP contribution in [0.1, 0.15) is 29.3 Å². The number of Topliss-reactive ketones (excluding diaryl/α,β-unsaturated/α-hetero) is 1. The maximum Gasteiger partial charge on any atom is 0.307 e. The van der Waals surface area contributed by atoms with Crippen molar-refractivity contribution in [3.63, 3.8) is 0 Å². The Hall–Kier alpha value is -2.60. The summed E-state index contributed by atoms with van der Waals surface area (Å²) in [5.41, 5.74) is 2.02. The second-order valence-corrected chi connectivity index (χ2v) is 6.89. The van der Waals surface area contributed by atoms with Crippen molar-refractivity contribution in [2.24, 2.45) is 0 Å². The molecule has 26 heavy (non-hydrogen) atoms. The van der Waals surface area contributed by atoms with Gasteiger partial charge in [-0.2, -0.15) is 0 Å². The maximum absolute atomic E-state index is 11.9. The molecule has 0 aliphatic carbocycles. The van der Waals surface area contributed by atoms with Crippen LogP contribution in [0.5, 0.6) is 0 Å². The summed E-state index contributed by atoms with van der Waals surface area (Å²) in [7, 11) is 0. The number of aryl methyl sites for hydroxylation is 1. The van der Waals surface area contributed by atoms with Gasteiger partial charge < -0.3 is 10.1 Å². The van der Waals surface area contributed by atoms with Crippen LogP contribution in [0, 0.1) is 6.92 Å². The number of anilines is 1. The second-order valence-electron chi connectivity index (χ2n) is 5.72. The summed E-state index contributed by atoms with van der Waals surface area (Å²) in [5.74, 6) is -0.472. The first-order chi connectivity index (χ1) is 12.5. The van der Waals surface area contributed by atoms with Crippen molar-refractivity contribution in [1.82, 2.24) is 0 Å². The molecule has 0 saturated carbocycles. The van der Waals surface area contributed by atoms with Crippen LogP contribution in [0.4, 0.5) is 5.69 Å². The largest absolute Gasteiger partial charge is 0.456 e. The highest BCUT2D eigenvalue weighted by Crippen LogP contribution is 2.19. The Labute approximate surface area is 157 Å². The number of thioether (sulfide) groups is 1. The third-order valence-electron chi connectivity index (χ3n) is 3.54. The van der Waals surface area contributed by atoms with Crippen LogP contribution < -0.4 is 5.32 Å². The highest BCUT2D eigenvalue weighted by Gasteiger charge is 2.11. The molecule has 2 rings (SSSR count). The lowest BCUT2D eigenvalue weighted by Gasteiger charge is -2.09. The Kier molecular flexibility index (Phi) is 7.41. The summed E-state index contributed by atoms with van der Waals surface area (Å²) >= 11 is 1.56. The molecule has 0 aliphatic heterocycles. The van der Waals surface area contributed by atoms with Gasteiger partial charge in [-0.25, -0.2) is 0 Å². The first-order valence-electron chi connectivity index (χ1n) is 8.20. The Morgan fingerprint density at radius 2 is 1.73 bits per heavy atom. The van der Waals surface area contributed by atoms with E-state index >= 15 is 0 Å². The number of carbonyl (C=O) groups is 3. The van der Waals surface area contributed by atoms with Gasteiger partial charge in [0.15, 0.2) is 12.4 Å². The van der Waals surface area contributed by atoms with E-state index in [1.807, 2.05) is 31.2 Å².